The number of amides is 1. The summed E-state index contributed by atoms with van der Waals surface area (Å²) in [6.45, 7) is 5.30. The number of hydrogen-bond donors (Lipinski definition) is 1. The molecule has 2 atom stereocenters. The molecule has 35 heavy (non-hydrogen) atoms. The standard InChI is InChI=1S/C25H25ClFN5O3/c1-14-10-22(32-28-8-9-29-32)18-6-5-7-23(24(18)30-14)35-13-20-19(11-17(27)12-21(20)26)15(2)31-25(33)16(3)34-4/h5-12,15-16H,13H2,1-4H3,(H,31,33)/t15-,16-/m0/s1. The van der Waals surface area contributed by atoms with Crippen LogP contribution in [0.4, 0.5) is 4.39 Å². The number of nitrogens with one attached hydrogen (secondary N) is 1. The van der Waals surface area contributed by atoms with Gasteiger partial charge in [-0.2, -0.15) is 15.0 Å². The number of fused-ring (bicyclic) bond motifs is 1. The molecule has 0 spiro atoms. The van der Waals surface area contributed by atoms with Gasteiger partial charge in [0.05, 0.1) is 29.1 Å². The number of aromatic nitrogens is 4. The number of para-hydroxylation sites is 1. The molecule has 10 heteroatoms. The van der Waals surface area contributed by atoms with Crippen LogP contribution >= 0.6 is 11.6 Å². The molecule has 1 N–H and O–H groups in total. The maximum atomic E-state index is 14.2. The maximum absolute atomic E-state index is 14.2. The zero-order valence-electron chi connectivity index (χ0n) is 19.8. The number of rotatable bonds is 8. The number of nitrogens with zero attached hydrogens (tertiary/aromatic N) is 4. The topological polar surface area (TPSA) is 91.2 Å². The number of ether oxygens (including phenoxy) is 2. The molecule has 0 aliphatic heterocycles. The molecule has 8 nitrogen and oxygen atoms in total. The minimum atomic E-state index is -0.648. The number of carbonyl (C=O) groups is 1. The normalized spacial score (nSPS) is 13.0. The molecule has 2 aromatic heterocycles. The predicted octanol–water partition coefficient (Wildman–Crippen LogP) is 4.71. The van der Waals surface area contributed by atoms with Gasteiger partial charge in [0.25, 0.3) is 0 Å². The summed E-state index contributed by atoms with van der Waals surface area (Å²) in [7, 11) is 1.45. The van der Waals surface area contributed by atoms with Crippen LogP contribution in [0, 0.1) is 12.7 Å². The first-order chi connectivity index (χ1) is 16.8. The van der Waals surface area contributed by atoms with Gasteiger partial charge in [-0.15, -0.1) is 0 Å². The number of hydrogen-bond acceptors (Lipinski definition) is 6. The molecule has 182 valence electrons. The summed E-state index contributed by atoms with van der Waals surface area (Å²) >= 11 is 6.41. The number of aryl methyl sites for hydroxylation is 1. The Balaban J connectivity index is 1.67. The van der Waals surface area contributed by atoms with Crippen molar-refractivity contribution in [1.82, 2.24) is 25.3 Å². The molecular formula is C25H25ClFN5O3. The molecule has 0 radical (unpaired) electrons. The lowest BCUT2D eigenvalue weighted by Gasteiger charge is -2.21. The van der Waals surface area contributed by atoms with Crippen molar-refractivity contribution >= 4 is 28.4 Å². The third-order valence-electron chi connectivity index (χ3n) is 5.66. The third-order valence-corrected chi connectivity index (χ3v) is 5.99. The fraction of sp³-hybridized carbons (Fsp3) is 0.280. The first kappa shape index (κ1) is 24.6. The minimum Gasteiger partial charge on any atom is -0.487 e. The number of halogens is 2. The van der Waals surface area contributed by atoms with Crippen molar-refractivity contribution in [3.8, 4) is 11.4 Å². The summed E-state index contributed by atoms with van der Waals surface area (Å²) in [5.41, 5.74) is 3.24. The van der Waals surface area contributed by atoms with Gasteiger partial charge < -0.3 is 14.8 Å². The maximum Gasteiger partial charge on any atom is 0.249 e. The highest BCUT2D eigenvalue weighted by Gasteiger charge is 2.21. The second-order valence-electron chi connectivity index (χ2n) is 8.11. The van der Waals surface area contributed by atoms with E-state index in [0.29, 0.717) is 22.4 Å². The van der Waals surface area contributed by atoms with Crippen LogP contribution in [0.2, 0.25) is 5.02 Å². The van der Waals surface area contributed by atoms with Gasteiger partial charge in [0.2, 0.25) is 5.91 Å². The second-order valence-corrected chi connectivity index (χ2v) is 8.51. The summed E-state index contributed by atoms with van der Waals surface area (Å²) in [6, 6.07) is 9.51. The molecule has 0 aliphatic carbocycles. The van der Waals surface area contributed by atoms with E-state index in [-0.39, 0.29) is 17.5 Å². The fourth-order valence-corrected chi connectivity index (χ4v) is 4.05. The van der Waals surface area contributed by atoms with Gasteiger partial charge in [-0.25, -0.2) is 9.37 Å². The van der Waals surface area contributed by atoms with Gasteiger partial charge in [0, 0.05) is 23.8 Å². The van der Waals surface area contributed by atoms with E-state index in [2.05, 4.69) is 20.5 Å². The first-order valence-corrected chi connectivity index (χ1v) is 11.4. The fourth-order valence-electron chi connectivity index (χ4n) is 3.78. The van der Waals surface area contributed by atoms with Gasteiger partial charge in [0.15, 0.2) is 0 Å². The number of carbonyl (C=O) groups excluding carboxylic acids is 1. The Morgan fingerprint density at radius 1 is 1.20 bits per heavy atom. The highest BCUT2D eigenvalue weighted by molar-refractivity contribution is 6.31. The molecule has 0 bridgehead atoms. The van der Waals surface area contributed by atoms with Crippen molar-refractivity contribution in [3.05, 3.63) is 76.5 Å². The quantitative estimate of drug-likeness (QED) is 0.379. The van der Waals surface area contributed by atoms with E-state index in [1.807, 2.05) is 25.1 Å². The highest BCUT2D eigenvalue weighted by atomic mass is 35.5. The lowest BCUT2D eigenvalue weighted by Crippen LogP contribution is -2.36. The summed E-state index contributed by atoms with van der Waals surface area (Å²) in [5.74, 6) is -0.301. The van der Waals surface area contributed by atoms with Crippen LogP contribution in [0.1, 0.15) is 36.7 Å². The van der Waals surface area contributed by atoms with Crippen LogP contribution < -0.4 is 10.1 Å². The van der Waals surface area contributed by atoms with Crippen molar-refractivity contribution in [3.63, 3.8) is 0 Å². The van der Waals surface area contributed by atoms with Crippen LogP contribution in [-0.4, -0.2) is 39.1 Å². The Morgan fingerprint density at radius 3 is 2.66 bits per heavy atom. The number of benzene rings is 2. The summed E-state index contributed by atoms with van der Waals surface area (Å²) in [5, 5.41) is 12.3. The van der Waals surface area contributed by atoms with Crippen LogP contribution in [0.25, 0.3) is 16.6 Å². The molecule has 0 saturated carbocycles. The third kappa shape index (κ3) is 5.26. The largest absolute Gasteiger partial charge is 0.487 e. The molecular weight excluding hydrogens is 473 g/mol. The Morgan fingerprint density at radius 2 is 1.94 bits per heavy atom. The van der Waals surface area contributed by atoms with E-state index in [9.17, 15) is 9.18 Å². The van der Waals surface area contributed by atoms with Gasteiger partial charge >= 0.3 is 0 Å². The van der Waals surface area contributed by atoms with E-state index in [1.165, 1.54) is 24.0 Å². The summed E-state index contributed by atoms with van der Waals surface area (Å²) in [6.07, 6.45) is 2.56. The zero-order valence-corrected chi connectivity index (χ0v) is 20.5. The van der Waals surface area contributed by atoms with Gasteiger partial charge in [-0.05, 0) is 50.6 Å². The predicted molar refractivity (Wildman–Crippen MR) is 130 cm³/mol. The van der Waals surface area contributed by atoms with Crippen LogP contribution in [0.5, 0.6) is 5.75 Å². The summed E-state index contributed by atoms with van der Waals surface area (Å²) in [4.78, 5) is 18.5. The Labute approximate surface area is 207 Å². The average Bonchev–Trinajstić information content (AvgIpc) is 3.37. The molecule has 1 amide bonds. The summed E-state index contributed by atoms with van der Waals surface area (Å²) < 4.78 is 25.5. The lowest BCUT2D eigenvalue weighted by atomic mass is 10.0. The molecule has 2 heterocycles. The number of pyridine rings is 1. The van der Waals surface area contributed by atoms with E-state index >= 15 is 0 Å². The Bertz CT molecular complexity index is 1360. The molecule has 4 rings (SSSR count). The van der Waals surface area contributed by atoms with Gasteiger partial charge in [-0.3, -0.25) is 4.79 Å². The SMILES string of the molecule is CO[C@@H](C)C(=O)N[C@@H](C)c1cc(F)cc(Cl)c1COc1cccc2c(-n3nccn3)cc(C)nc12. The monoisotopic (exact) mass is 497 g/mol. The van der Waals surface area contributed by atoms with E-state index < -0.39 is 18.0 Å². The van der Waals surface area contributed by atoms with E-state index in [0.717, 1.165) is 16.8 Å². The first-order valence-electron chi connectivity index (χ1n) is 11.0. The van der Waals surface area contributed by atoms with Crippen molar-refractivity contribution < 1.29 is 18.7 Å². The number of methoxy groups -OCH3 is 1. The molecule has 0 unspecified atom stereocenters. The van der Waals surface area contributed by atoms with E-state index in [4.69, 9.17) is 21.1 Å². The van der Waals surface area contributed by atoms with Crippen molar-refractivity contribution in [2.24, 2.45) is 0 Å². The van der Waals surface area contributed by atoms with E-state index in [1.54, 1.807) is 32.3 Å². The highest BCUT2D eigenvalue weighted by Crippen LogP contribution is 2.32. The molecule has 4 aromatic rings. The second kappa shape index (κ2) is 10.4. The van der Waals surface area contributed by atoms with Gasteiger partial charge in [-0.1, -0.05) is 23.7 Å². The lowest BCUT2D eigenvalue weighted by molar-refractivity contribution is -0.130. The van der Waals surface area contributed by atoms with Crippen molar-refractivity contribution in [2.45, 2.75) is 39.5 Å². The van der Waals surface area contributed by atoms with Crippen molar-refractivity contribution in [1.29, 1.82) is 0 Å². The smallest absolute Gasteiger partial charge is 0.249 e. The van der Waals surface area contributed by atoms with Crippen LogP contribution in [0.15, 0.2) is 48.8 Å². The average molecular weight is 498 g/mol. The van der Waals surface area contributed by atoms with Crippen molar-refractivity contribution in [2.75, 3.05) is 7.11 Å². The molecule has 0 saturated heterocycles. The zero-order chi connectivity index (χ0) is 25.1. The minimum absolute atomic E-state index is 0.0403. The van der Waals surface area contributed by atoms with Crippen LogP contribution in [0.3, 0.4) is 0 Å². The molecule has 0 aliphatic rings. The van der Waals surface area contributed by atoms with Crippen LogP contribution in [-0.2, 0) is 16.1 Å². The Hall–Kier alpha value is -3.56. The molecule has 2 aromatic carbocycles. The Kier molecular flexibility index (Phi) is 7.28. The van der Waals surface area contributed by atoms with Gasteiger partial charge in [0.1, 0.15) is 29.8 Å². The molecule has 0 fully saturated rings.